The number of hydrogen-bond donors (Lipinski definition) is 1. The van der Waals surface area contributed by atoms with Gasteiger partial charge in [-0.25, -0.2) is 4.98 Å². The number of benzene rings is 2. The zero-order valence-corrected chi connectivity index (χ0v) is 14.0. The van der Waals surface area contributed by atoms with Gasteiger partial charge in [-0.15, -0.1) is 11.3 Å². The number of ketones is 1. The zero-order valence-electron chi connectivity index (χ0n) is 12.4. The van der Waals surface area contributed by atoms with Crippen molar-refractivity contribution in [3.8, 4) is 0 Å². The molecular formula is C17H14N2O2S2. The lowest BCUT2D eigenvalue weighted by Gasteiger charge is -1.99. The van der Waals surface area contributed by atoms with Gasteiger partial charge < -0.3 is 5.32 Å². The maximum atomic E-state index is 12.1. The van der Waals surface area contributed by atoms with E-state index < -0.39 is 0 Å². The number of hydrogen-bond acceptors (Lipinski definition) is 5. The van der Waals surface area contributed by atoms with Crippen LogP contribution in [0.5, 0.6) is 0 Å². The fourth-order valence-corrected chi connectivity index (χ4v) is 4.08. The molecule has 0 aliphatic heterocycles. The van der Waals surface area contributed by atoms with Gasteiger partial charge >= 0.3 is 0 Å². The highest BCUT2D eigenvalue weighted by Gasteiger charge is 2.10. The first-order valence-electron chi connectivity index (χ1n) is 7.01. The fourth-order valence-electron chi connectivity index (χ4n) is 2.08. The molecule has 1 N–H and O–H groups in total. The minimum atomic E-state index is -0.100. The van der Waals surface area contributed by atoms with Gasteiger partial charge in [0, 0.05) is 18.2 Å². The summed E-state index contributed by atoms with van der Waals surface area (Å²) in [6.45, 7) is 1.48. The molecule has 0 atom stereocenters. The van der Waals surface area contributed by atoms with Crippen molar-refractivity contribution in [3.05, 3.63) is 54.1 Å². The minimum Gasteiger partial charge on any atom is -0.326 e. The minimum absolute atomic E-state index is 0.0915. The second-order valence-corrected chi connectivity index (χ2v) is 7.17. The third-order valence-electron chi connectivity index (χ3n) is 3.11. The zero-order chi connectivity index (χ0) is 16.2. The van der Waals surface area contributed by atoms with Crippen molar-refractivity contribution in [2.45, 2.75) is 11.3 Å². The van der Waals surface area contributed by atoms with Gasteiger partial charge in [0.2, 0.25) is 5.91 Å². The Bertz CT molecular complexity index is 859. The number of Topliss-reactive ketones (excluding diaryl/α,β-unsaturated/α-hetero) is 1. The fraction of sp³-hybridized carbons (Fsp3) is 0.118. The van der Waals surface area contributed by atoms with Gasteiger partial charge in [-0.3, -0.25) is 9.59 Å². The molecule has 3 aromatic rings. The van der Waals surface area contributed by atoms with Crippen LogP contribution in [0.1, 0.15) is 17.3 Å². The van der Waals surface area contributed by atoms with Crippen molar-refractivity contribution in [1.82, 2.24) is 4.98 Å². The second-order valence-electron chi connectivity index (χ2n) is 4.92. The Hall–Kier alpha value is -2.18. The molecule has 6 heteroatoms. The molecule has 1 aromatic heterocycles. The Morgan fingerprint density at radius 1 is 1.17 bits per heavy atom. The van der Waals surface area contributed by atoms with E-state index in [2.05, 4.69) is 10.3 Å². The Morgan fingerprint density at radius 2 is 1.96 bits per heavy atom. The molecule has 0 radical (unpaired) electrons. The summed E-state index contributed by atoms with van der Waals surface area (Å²) in [5.74, 6) is 0.355. The summed E-state index contributed by atoms with van der Waals surface area (Å²) >= 11 is 2.96. The number of rotatable bonds is 5. The van der Waals surface area contributed by atoms with Gasteiger partial charge in [0.1, 0.15) is 0 Å². The normalized spacial score (nSPS) is 10.7. The number of carbonyl (C=O) groups is 2. The first kappa shape index (κ1) is 15.7. The number of carbonyl (C=O) groups excluding carboxylic acids is 2. The van der Waals surface area contributed by atoms with E-state index in [1.54, 1.807) is 0 Å². The number of nitrogens with one attached hydrogen (secondary N) is 1. The number of anilines is 1. The van der Waals surface area contributed by atoms with Crippen LogP contribution in [0.15, 0.2) is 52.9 Å². The maximum Gasteiger partial charge on any atom is 0.221 e. The lowest BCUT2D eigenvalue weighted by molar-refractivity contribution is -0.114. The average molecular weight is 342 g/mol. The first-order valence-corrected chi connectivity index (χ1v) is 8.81. The predicted molar refractivity (Wildman–Crippen MR) is 95.4 cm³/mol. The van der Waals surface area contributed by atoms with E-state index in [0.29, 0.717) is 11.3 Å². The van der Waals surface area contributed by atoms with Gasteiger partial charge in [-0.1, -0.05) is 42.1 Å². The number of thiazole rings is 1. The van der Waals surface area contributed by atoms with E-state index in [1.165, 1.54) is 30.0 Å². The maximum absolute atomic E-state index is 12.1. The lowest BCUT2D eigenvalue weighted by atomic mass is 10.2. The molecule has 0 aliphatic rings. The number of fused-ring (bicyclic) bond motifs is 1. The van der Waals surface area contributed by atoms with E-state index in [-0.39, 0.29) is 11.7 Å². The van der Waals surface area contributed by atoms with Crippen molar-refractivity contribution in [3.63, 3.8) is 0 Å². The Labute approximate surface area is 141 Å². The van der Waals surface area contributed by atoms with Crippen molar-refractivity contribution in [2.75, 3.05) is 11.1 Å². The van der Waals surface area contributed by atoms with Crippen LogP contribution in [0.4, 0.5) is 5.69 Å². The predicted octanol–water partition coefficient (Wildman–Crippen LogP) is 4.23. The number of aromatic nitrogens is 1. The van der Waals surface area contributed by atoms with E-state index in [4.69, 9.17) is 0 Å². The third kappa shape index (κ3) is 3.97. The van der Waals surface area contributed by atoms with Crippen LogP contribution in [0.3, 0.4) is 0 Å². The van der Waals surface area contributed by atoms with Crippen molar-refractivity contribution >= 4 is 50.7 Å². The molecule has 1 heterocycles. The van der Waals surface area contributed by atoms with Crippen LogP contribution < -0.4 is 5.32 Å². The van der Waals surface area contributed by atoms with Crippen LogP contribution in [0.25, 0.3) is 10.2 Å². The third-order valence-corrected chi connectivity index (χ3v) is 5.27. The molecule has 0 saturated carbocycles. The molecule has 0 saturated heterocycles. The summed E-state index contributed by atoms with van der Waals surface area (Å²) in [7, 11) is 0. The molecule has 0 fully saturated rings. The van der Waals surface area contributed by atoms with Gasteiger partial charge in [-0.05, 0) is 18.2 Å². The van der Waals surface area contributed by atoms with Crippen molar-refractivity contribution in [1.29, 1.82) is 0 Å². The average Bonchev–Trinajstić information content (AvgIpc) is 2.95. The smallest absolute Gasteiger partial charge is 0.221 e. The summed E-state index contributed by atoms with van der Waals surface area (Å²) in [6.07, 6.45) is 0. The molecule has 116 valence electrons. The van der Waals surface area contributed by atoms with Crippen LogP contribution in [-0.4, -0.2) is 22.4 Å². The number of nitrogens with zero attached hydrogens (tertiary/aromatic N) is 1. The van der Waals surface area contributed by atoms with Crippen LogP contribution in [0.2, 0.25) is 0 Å². The van der Waals surface area contributed by atoms with Crippen molar-refractivity contribution in [2.24, 2.45) is 0 Å². The SMILES string of the molecule is CC(=O)Nc1ccc2nc(SCC(=O)c3ccccc3)sc2c1. The standard InChI is InChI=1S/C17H14N2O2S2/c1-11(20)18-13-7-8-14-16(9-13)23-17(19-14)22-10-15(21)12-5-3-2-4-6-12/h2-9H,10H2,1H3,(H,18,20). The molecule has 3 rings (SSSR count). The lowest BCUT2D eigenvalue weighted by Crippen LogP contribution is -2.05. The molecule has 1 amide bonds. The van der Waals surface area contributed by atoms with Crippen LogP contribution >= 0.6 is 23.1 Å². The Morgan fingerprint density at radius 3 is 2.70 bits per heavy atom. The molecule has 4 nitrogen and oxygen atoms in total. The summed E-state index contributed by atoms with van der Waals surface area (Å²) < 4.78 is 1.84. The second kappa shape index (κ2) is 6.93. The monoisotopic (exact) mass is 342 g/mol. The van der Waals surface area contributed by atoms with Gasteiger partial charge in [0.15, 0.2) is 10.1 Å². The topological polar surface area (TPSA) is 59.1 Å². The van der Waals surface area contributed by atoms with E-state index in [1.807, 2.05) is 48.5 Å². The molecule has 2 aromatic carbocycles. The molecular weight excluding hydrogens is 328 g/mol. The number of amides is 1. The summed E-state index contributed by atoms with van der Waals surface area (Å²) in [5.41, 5.74) is 2.35. The summed E-state index contributed by atoms with van der Waals surface area (Å²) in [4.78, 5) is 27.7. The van der Waals surface area contributed by atoms with Gasteiger partial charge in [0.25, 0.3) is 0 Å². The van der Waals surface area contributed by atoms with Crippen LogP contribution in [-0.2, 0) is 4.79 Å². The van der Waals surface area contributed by atoms with Gasteiger partial charge in [0.05, 0.1) is 16.0 Å². The summed E-state index contributed by atoms with van der Waals surface area (Å²) in [5, 5.41) is 2.76. The molecule has 0 bridgehead atoms. The summed E-state index contributed by atoms with van der Waals surface area (Å²) in [6, 6.07) is 14.9. The Balaban J connectivity index is 1.71. The highest BCUT2D eigenvalue weighted by Crippen LogP contribution is 2.31. The first-order chi connectivity index (χ1) is 11.1. The molecule has 23 heavy (non-hydrogen) atoms. The molecule has 0 aliphatic carbocycles. The van der Waals surface area contributed by atoms with Crippen LogP contribution in [0, 0.1) is 0 Å². The largest absolute Gasteiger partial charge is 0.326 e. The molecule has 0 spiro atoms. The highest BCUT2D eigenvalue weighted by atomic mass is 32.2. The van der Waals surface area contributed by atoms with E-state index >= 15 is 0 Å². The Kier molecular flexibility index (Phi) is 4.73. The quantitative estimate of drug-likeness (QED) is 0.557. The van der Waals surface area contributed by atoms with Gasteiger partial charge in [-0.2, -0.15) is 0 Å². The van der Waals surface area contributed by atoms with Crippen molar-refractivity contribution < 1.29 is 9.59 Å². The molecule has 0 unspecified atom stereocenters. The van der Waals surface area contributed by atoms with E-state index in [9.17, 15) is 9.59 Å². The number of thioether (sulfide) groups is 1. The van der Waals surface area contributed by atoms with E-state index in [0.717, 1.165) is 20.2 Å². The highest BCUT2D eigenvalue weighted by molar-refractivity contribution is 8.01.